The Hall–Kier alpha value is -3.93. The third-order valence-corrected chi connectivity index (χ3v) is 9.02. The summed E-state index contributed by atoms with van der Waals surface area (Å²) in [6, 6.07) is 31.5. The molecule has 1 saturated heterocycles. The maximum Gasteiger partial charge on any atom is 0.250 e. The van der Waals surface area contributed by atoms with Crippen molar-refractivity contribution in [3.05, 3.63) is 118 Å². The number of hydrogen-bond acceptors (Lipinski definition) is 3. The molecule has 2 aliphatic rings. The maximum atomic E-state index is 12.5. The molecule has 0 saturated carbocycles. The zero-order valence-electron chi connectivity index (χ0n) is 23.8. The molecule has 7 rings (SSSR count). The van der Waals surface area contributed by atoms with Crippen LogP contribution in [0.2, 0.25) is 0 Å². The van der Waals surface area contributed by atoms with Crippen molar-refractivity contribution in [2.75, 3.05) is 19.6 Å². The van der Waals surface area contributed by atoms with Crippen LogP contribution in [0.15, 0.2) is 95.8 Å². The molecule has 5 heteroatoms. The second-order valence-electron chi connectivity index (χ2n) is 12.1. The van der Waals surface area contributed by atoms with Crippen LogP contribution < -0.4 is 5.56 Å². The van der Waals surface area contributed by atoms with E-state index in [1.54, 1.807) is 6.07 Å². The van der Waals surface area contributed by atoms with E-state index in [1.807, 2.05) is 10.6 Å². The normalized spacial score (nSPS) is 19.3. The first kappa shape index (κ1) is 26.0. The van der Waals surface area contributed by atoms with Gasteiger partial charge in [0.05, 0.1) is 23.9 Å². The number of hydrogen-bond donors (Lipinski definition) is 1. The van der Waals surface area contributed by atoms with E-state index in [4.69, 9.17) is 0 Å². The first-order valence-electron chi connectivity index (χ1n) is 14.8. The zero-order chi connectivity index (χ0) is 28.1. The Morgan fingerprint density at radius 2 is 1.56 bits per heavy atom. The standard InChI is InChI=1S/C36H37N3O2/c1-24-16-25(2)35-31(17-24)34(27-10-5-3-6-11-27)36(28-12-7-4-8-13-28)39(35)23-30(40)22-37-19-26-18-29(21-37)32-14-9-15-33(41)38(32)20-26/h3-17,26,29-30,40H,18-23H2,1-2H3/t26-,29+,30?/m1/s1. The Bertz CT molecular complexity index is 1770. The molecule has 0 radical (unpaired) electrons. The first-order valence-corrected chi connectivity index (χ1v) is 14.8. The highest BCUT2D eigenvalue weighted by molar-refractivity contribution is 6.06. The van der Waals surface area contributed by atoms with Gasteiger partial charge in [-0.25, -0.2) is 0 Å². The van der Waals surface area contributed by atoms with Crippen LogP contribution in [0.4, 0.5) is 0 Å². The molecule has 5 nitrogen and oxygen atoms in total. The molecule has 41 heavy (non-hydrogen) atoms. The van der Waals surface area contributed by atoms with E-state index in [1.165, 1.54) is 33.2 Å². The van der Waals surface area contributed by atoms with Gasteiger partial charge < -0.3 is 14.2 Å². The van der Waals surface area contributed by atoms with Gasteiger partial charge in [-0.05, 0) is 55.0 Å². The van der Waals surface area contributed by atoms with Crippen molar-refractivity contribution >= 4 is 10.9 Å². The van der Waals surface area contributed by atoms with Crippen LogP contribution in [0.3, 0.4) is 0 Å². The molecule has 5 aromatic rings. The third kappa shape index (κ3) is 4.73. The number of benzene rings is 3. The number of piperidine rings is 1. The molecule has 1 N–H and O–H groups in total. The van der Waals surface area contributed by atoms with Crippen LogP contribution in [0.5, 0.6) is 0 Å². The van der Waals surface area contributed by atoms with Gasteiger partial charge in [-0.2, -0.15) is 0 Å². The van der Waals surface area contributed by atoms with Gasteiger partial charge >= 0.3 is 0 Å². The Kier molecular flexibility index (Phi) is 6.64. The monoisotopic (exact) mass is 543 g/mol. The van der Waals surface area contributed by atoms with Crippen molar-refractivity contribution in [2.24, 2.45) is 5.92 Å². The van der Waals surface area contributed by atoms with Crippen LogP contribution >= 0.6 is 0 Å². The van der Waals surface area contributed by atoms with Gasteiger partial charge in [0.25, 0.3) is 5.56 Å². The summed E-state index contributed by atoms with van der Waals surface area (Å²) < 4.78 is 4.34. The van der Waals surface area contributed by atoms with Gasteiger partial charge in [-0.1, -0.05) is 78.4 Å². The third-order valence-electron chi connectivity index (χ3n) is 9.02. The summed E-state index contributed by atoms with van der Waals surface area (Å²) in [6.07, 6.45) is 0.587. The molecular weight excluding hydrogens is 506 g/mol. The van der Waals surface area contributed by atoms with Crippen molar-refractivity contribution in [1.29, 1.82) is 0 Å². The molecule has 1 fully saturated rings. The van der Waals surface area contributed by atoms with Gasteiger partial charge in [0.2, 0.25) is 0 Å². The zero-order valence-corrected chi connectivity index (χ0v) is 23.8. The highest BCUT2D eigenvalue weighted by atomic mass is 16.3. The van der Waals surface area contributed by atoms with Crippen molar-refractivity contribution < 1.29 is 5.11 Å². The van der Waals surface area contributed by atoms with E-state index in [0.29, 0.717) is 24.9 Å². The fourth-order valence-corrected chi connectivity index (χ4v) is 7.57. The number of likely N-dealkylation sites (tertiary alicyclic amines) is 1. The van der Waals surface area contributed by atoms with Crippen LogP contribution in [-0.4, -0.2) is 44.9 Å². The number of pyridine rings is 1. The summed E-state index contributed by atoms with van der Waals surface area (Å²) in [4.78, 5) is 14.9. The summed E-state index contributed by atoms with van der Waals surface area (Å²) in [6.45, 7) is 8.05. The molecule has 2 bridgehead atoms. The number of aliphatic hydroxyl groups is 1. The molecule has 4 heterocycles. The molecule has 2 aromatic heterocycles. The average molecular weight is 544 g/mol. The van der Waals surface area contributed by atoms with E-state index < -0.39 is 6.10 Å². The molecule has 0 amide bonds. The summed E-state index contributed by atoms with van der Waals surface area (Å²) in [5.74, 6) is 0.779. The molecule has 3 aromatic carbocycles. The van der Waals surface area contributed by atoms with Crippen molar-refractivity contribution in [3.63, 3.8) is 0 Å². The highest BCUT2D eigenvalue weighted by Gasteiger charge is 2.35. The average Bonchev–Trinajstić information content (AvgIpc) is 3.28. The Morgan fingerprint density at radius 3 is 2.32 bits per heavy atom. The van der Waals surface area contributed by atoms with E-state index in [-0.39, 0.29) is 5.56 Å². The molecule has 0 aliphatic carbocycles. The molecule has 0 spiro atoms. The van der Waals surface area contributed by atoms with Crippen molar-refractivity contribution in [2.45, 2.75) is 45.4 Å². The van der Waals surface area contributed by atoms with Gasteiger partial charge in [0.15, 0.2) is 0 Å². The van der Waals surface area contributed by atoms with E-state index in [2.05, 4.69) is 102 Å². The molecule has 2 aliphatic heterocycles. The predicted molar refractivity (Wildman–Crippen MR) is 166 cm³/mol. The van der Waals surface area contributed by atoms with E-state index in [0.717, 1.165) is 43.0 Å². The van der Waals surface area contributed by atoms with E-state index in [9.17, 15) is 9.90 Å². The number of rotatable bonds is 6. The Morgan fingerprint density at radius 1 is 0.829 bits per heavy atom. The molecule has 1 unspecified atom stereocenters. The van der Waals surface area contributed by atoms with Gasteiger partial charge in [0.1, 0.15) is 0 Å². The Balaban J connectivity index is 1.27. The fraction of sp³-hybridized carbons (Fsp3) is 0.306. The highest BCUT2D eigenvalue weighted by Crippen LogP contribution is 2.43. The lowest BCUT2D eigenvalue weighted by atomic mass is 9.83. The summed E-state index contributed by atoms with van der Waals surface area (Å²) in [7, 11) is 0. The lowest BCUT2D eigenvalue weighted by Crippen LogP contribution is -2.49. The van der Waals surface area contributed by atoms with Crippen LogP contribution in [0.25, 0.3) is 33.3 Å². The Labute approximate surface area is 241 Å². The summed E-state index contributed by atoms with van der Waals surface area (Å²) in [5, 5.41) is 12.9. The van der Waals surface area contributed by atoms with Crippen LogP contribution in [0.1, 0.15) is 29.2 Å². The van der Waals surface area contributed by atoms with Gasteiger partial charge in [-0.3, -0.25) is 9.69 Å². The molecule has 3 atom stereocenters. The number of aryl methyl sites for hydroxylation is 2. The largest absolute Gasteiger partial charge is 0.390 e. The number of aromatic nitrogens is 2. The topological polar surface area (TPSA) is 50.4 Å². The minimum Gasteiger partial charge on any atom is -0.390 e. The minimum absolute atomic E-state index is 0.110. The summed E-state index contributed by atoms with van der Waals surface area (Å²) >= 11 is 0. The first-order chi connectivity index (χ1) is 20.0. The van der Waals surface area contributed by atoms with Crippen molar-refractivity contribution in [3.8, 4) is 22.4 Å². The smallest absolute Gasteiger partial charge is 0.250 e. The minimum atomic E-state index is -0.533. The molecule has 208 valence electrons. The van der Waals surface area contributed by atoms with Crippen molar-refractivity contribution in [1.82, 2.24) is 14.0 Å². The van der Waals surface area contributed by atoms with Crippen LogP contribution in [-0.2, 0) is 13.1 Å². The van der Waals surface area contributed by atoms with Crippen LogP contribution in [0, 0.1) is 19.8 Å². The van der Waals surface area contributed by atoms with E-state index >= 15 is 0 Å². The lowest BCUT2D eigenvalue weighted by molar-refractivity contribution is 0.0555. The van der Waals surface area contributed by atoms with Gasteiger partial charge in [0, 0.05) is 54.8 Å². The second kappa shape index (κ2) is 10.5. The number of β-amino-alcohol motifs (C(OH)–C–C–N with tert-alkyl or cyclic N) is 1. The fourth-order valence-electron chi connectivity index (χ4n) is 7.57. The molecular formula is C36H37N3O2. The SMILES string of the molecule is Cc1cc(C)c2c(c1)c(-c1ccccc1)c(-c1ccccc1)n2CC(O)CN1C[C@H]2C[C@@H](C1)c1cccc(=O)n1C2. The number of aliphatic hydroxyl groups excluding tert-OH is 1. The van der Waals surface area contributed by atoms with Gasteiger partial charge in [-0.15, -0.1) is 0 Å². The number of nitrogens with zero attached hydrogens (tertiary/aromatic N) is 3. The number of fused-ring (bicyclic) bond motifs is 5. The summed E-state index contributed by atoms with van der Waals surface area (Å²) in [5.41, 5.74) is 9.63. The predicted octanol–water partition coefficient (Wildman–Crippen LogP) is 6.23. The maximum absolute atomic E-state index is 12.5. The lowest BCUT2D eigenvalue weighted by Gasteiger charge is -2.43. The quantitative estimate of drug-likeness (QED) is 0.276. The second-order valence-corrected chi connectivity index (χ2v) is 12.1.